The molecule has 0 amide bonds. The number of nitrogens with zero attached hydrogens (tertiary/aromatic N) is 2. The zero-order chi connectivity index (χ0) is 13.8. The van der Waals surface area contributed by atoms with E-state index in [0.29, 0.717) is 6.04 Å². The molecule has 1 heterocycles. The maximum atomic E-state index is 6.01. The minimum absolute atomic E-state index is 0.0639. The third kappa shape index (κ3) is 3.47. The van der Waals surface area contributed by atoms with Crippen molar-refractivity contribution >= 4 is 5.69 Å². The van der Waals surface area contributed by atoms with Gasteiger partial charge in [-0.3, -0.25) is 4.98 Å². The van der Waals surface area contributed by atoms with Crippen molar-refractivity contribution in [1.29, 1.82) is 0 Å². The first kappa shape index (κ1) is 14.3. The summed E-state index contributed by atoms with van der Waals surface area (Å²) in [5, 5.41) is 0. The molecule has 1 aliphatic carbocycles. The van der Waals surface area contributed by atoms with Crippen LogP contribution in [0.3, 0.4) is 0 Å². The average molecular weight is 261 g/mol. The van der Waals surface area contributed by atoms with Crippen LogP contribution in [0.25, 0.3) is 0 Å². The van der Waals surface area contributed by atoms with Crippen molar-refractivity contribution in [2.45, 2.75) is 58.0 Å². The highest BCUT2D eigenvalue weighted by molar-refractivity contribution is 5.45. The Morgan fingerprint density at radius 3 is 2.79 bits per heavy atom. The third-order valence-corrected chi connectivity index (χ3v) is 4.45. The summed E-state index contributed by atoms with van der Waals surface area (Å²) < 4.78 is 0. The maximum Gasteiger partial charge on any atom is 0.0572 e. The van der Waals surface area contributed by atoms with Crippen molar-refractivity contribution in [3.8, 4) is 0 Å². The molecule has 1 fully saturated rings. The third-order valence-electron chi connectivity index (χ3n) is 4.45. The minimum atomic E-state index is 0.0639. The van der Waals surface area contributed by atoms with Gasteiger partial charge in [-0.25, -0.2) is 0 Å². The summed E-state index contributed by atoms with van der Waals surface area (Å²) in [5.74, 6) is 0.849. The Morgan fingerprint density at radius 2 is 2.21 bits per heavy atom. The first-order chi connectivity index (χ1) is 9.11. The summed E-state index contributed by atoms with van der Waals surface area (Å²) in [7, 11) is 2.19. The number of pyridine rings is 1. The summed E-state index contributed by atoms with van der Waals surface area (Å²) in [5.41, 5.74) is 8.22. The summed E-state index contributed by atoms with van der Waals surface area (Å²) in [6.45, 7) is 4.46. The van der Waals surface area contributed by atoms with Gasteiger partial charge in [-0.2, -0.15) is 0 Å². The van der Waals surface area contributed by atoms with Crippen LogP contribution in [-0.4, -0.2) is 18.1 Å². The van der Waals surface area contributed by atoms with E-state index in [1.165, 1.54) is 31.4 Å². The monoisotopic (exact) mass is 261 g/mol. The van der Waals surface area contributed by atoms with Crippen LogP contribution in [-0.2, 0) is 0 Å². The standard InChI is InChI=1S/C16H27N3/c1-4-15(17)16-9-8-14(11-18-16)19(3)13-7-5-6-12(2)10-13/h8-9,11-13,15H,4-7,10,17H2,1-3H3. The lowest BCUT2D eigenvalue weighted by molar-refractivity contribution is 0.336. The van der Waals surface area contributed by atoms with Gasteiger partial charge >= 0.3 is 0 Å². The second-order valence-corrected chi connectivity index (χ2v) is 5.99. The SMILES string of the molecule is CCC(N)c1ccc(N(C)C2CCCC(C)C2)cn1. The minimum Gasteiger partial charge on any atom is -0.370 e. The van der Waals surface area contributed by atoms with E-state index in [-0.39, 0.29) is 6.04 Å². The molecule has 1 aromatic heterocycles. The molecule has 3 atom stereocenters. The molecular formula is C16H27N3. The van der Waals surface area contributed by atoms with E-state index in [1.807, 2.05) is 6.20 Å². The number of nitrogens with two attached hydrogens (primary N) is 1. The van der Waals surface area contributed by atoms with E-state index in [4.69, 9.17) is 5.73 Å². The van der Waals surface area contributed by atoms with E-state index in [2.05, 4.69) is 42.9 Å². The van der Waals surface area contributed by atoms with Crippen LogP contribution in [0.4, 0.5) is 5.69 Å². The summed E-state index contributed by atoms with van der Waals surface area (Å²) in [4.78, 5) is 6.91. The van der Waals surface area contributed by atoms with E-state index in [0.717, 1.165) is 18.0 Å². The second kappa shape index (κ2) is 6.38. The first-order valence-electron chi connectivity index (χ1n) is 7.56. The Bertz CT molecular complexity index is 387. The molecule has 2 rings (SSSR count). The Hall–Kier alpha value is -1.09. The number of anilines is 1. The van der Waals surface area contributed by atoms with E-state index >= 15 is 0 Å². The van der Waals surface area contributed by atoms with Gasteiger partial charge in [0, 0.05) is 19.1 Å². The van der Waals surface area contributed by atoms with Gasteiger partial charge in [0.25, 0.3) is 0 Å². The molecule has 1 aliphatic rings. The predicted octanol–water partition coefficient (Wildman–Crippen LogP) is 3.51. The maximum absolute atomic E-state index is 6.01. The molecule has 3 unspecified atom stereocenters. The van der Waals surface area contributed by atoms with Crippen LogP contribution >= 0.6 is 0 Å². The van der Waals surface area contributed by atoms with Gasteiger partial charge in [-0.15, -0.1) is 0 Å². The molecular weight excluding hydrogens is 234 g/mol. The topological polar surface area (TPSA) is 42.1 Å². The fourth-order valence-electron chi connectivity index (χ4n) is 3.00. The molecule has 3 nitrogen and oxygen atoms in total. The molecule has 0 aromatic carbocycles. The Kier molecular flexibility index (Phi) is 4.81. The molecule has 2 N–H and O–H groups in total. The zero-order valence-electron chi connectivity index (χ0n) is 12.5. The lowest BCUT2D eigenvalue weighted by Gasteiger charge is -2.35. The molecule has 3 heteroatoms. The van der Waals surface area contributed by atoms with E-state index in [9.17, 15) is 0 Å². The van der Waals surface area contributed by atoms with Crippen molar-refractivity contribution in [3.05, 3.63) is 24.0 Å². The molecule has 0 aliphatic heterocycles. The summed E-state index contributed by atoms with van der Waals surface area (Å²) in [6.07, 6.45) is 8.24. The van der Waals surface area contributed by atoms with Crippen molar-refractivity contribution in [2.75, 3.05) is 11.9 Å². The van der Waals surface area contributed by atoms with Crippen molar-refractivity contribution in [1.82, 2.24) is 4.98 Å². The van der Waals surface area contributed by atoms with Crippen LogP contribution in [0.5, 0.6) is 0 Å². The van der Waals surface area contributed by atoms with Crippen molar-refractivity contribution in [2.24, 2.45) is 11.7 Å². The second-order valence-electron chi connectivity index (χ2n) is 5.99. The summed E-state index contributed by atoms with van der Waals surface area (Å²) in [6, 6.07) is 4.97. The highest BCUT2D eigenvalue weighted by atomic mass is 15.1. The lowest BCUT2D eigenvalue weighted by Crippen LogP contribution is -2.35. The fraction of sp³-hybridized carbons (Fsp3) is 0.688. The Balaban J connectivity index is 2.04. The Labute approximate surface area is 117 Å². The molecule has 1 saturated carbocycles. The van der Waals surface area contributed by atoms with Gasteiger partial charge < -0.3 is 10.6 Å². The molecule has 1 aromatic rings. The zero-order valence-corrected chi connectivity index (χ0v) is 12.5. The van der Waals surface area contributed by atoms with Gasteiger partial charge in [-0.05, 0) is 37.3 Å². The van der Waals surface area contributed by atoms with Gasteiger partial charge in [0.15, 0.2) is 0 Å². The lowest BCUT2D eigenvalue weighted by atomic mass is 9.86. The number of hydrogen-bond donors (Lipinski definition) is 1. The molecule has 19 heavy (non-hydrogen) atoms. The smallest absolute Gasteiger partial charge is 0.0572 e. The van der Waals surface area contributed by atoms with Gasteiger partial charge in [0.1, 0.15) is 0 Å². The van der Waals surface area contributed by atoms with Crippen LogP contribution in [0.15, 0.2) is 18.3 Å². The van der Waals surface area contributed by atoms with Gasteiger partial charge in [0.2, 0.25) is 0 Å². The number of hydrogen-bond acceptors (Lipinski definition) is 3. The van der Waals surface area contributed by atoms with Gasteiger partial charge in [0.05, 0.1) is 17.6 Å². The van der Waals surface area contributed by atoms with Crippen LogP contribution in [0, 0.1) is 5.92 Å². The van der Waals surface area contributed by atoms with Crippen LogP contribution in [0.1, 0.15) is 57.7 Å². The van der Waals surface area contributed by atoms with E-state index < -0.39 is 0 Å². The highest BCUT2D eigenvalue weighted by Crippen LogP contribution is 2.29. The largest absolute Gasteiger partial charge is 0.370 e. The van der Waals surface area contributed by atoms with Gasteiger partial charge in [-0.1, -0.05) is 26.7 Å². The van der Waals surface area contributed by atoms with Crippen molar-refractivity contribution in [3.63, 3.8) is 0 Å². The Morgan fingerprint density at radius 1 is 1.42 bits per heavy atom. The average Bonchev–Trinajstić information content (AvgIpc) is 2.46. The molecule has 0 bridgehead atoms. The quantitative estimate of drug-likeness (QED) is 0.902. The molecule has 0 saturated heterocycles. The number of aromatic nitrogens is 1. The predicted molar refractivity (Wildman–Crippen MR) is 81.3 cm³/mol. The highest BCUT2D eigenvalue weighted by Gasteiger charge is 2.22. The normalized spacial score (nSPS) is 25.1. The molecule has 106 valence electrons. The van der Waals surface area contributed by atoms with E-state index in [1.54, 1.807) is 0 Å². The van der Waals surface area contributed by atoms with Crippen LogP contribution in [0.2, 0.25) is 0 Å². The number of rotatable bonds is 4. The fourth-order valence-corrected chi connectivity index (χ4v) is 3.00. The summed E-state index contributed by atoms with van der Waals surface area (Å²) >= 11 is 0. The molecule has 0 radical (unpaired) electrons. The first-order valence-corrected chi connectivity index (χ1v) is 7.56. The molecule has 0 spiro atoms. The van der Waals surface area contributed by atoms with Crippen molar-refractivity contribution < 1.29 is 0 Å². The van der Waals surface area contributed by atoms with Crippen LogP contribution < -0.4 is 10.6 Å².